The molecule has 0 fully saturated rings. The Morgan fingerprint density at radius 1 is 1.09 bits per heavy atom. The Bertz CT molecular complexity index is 1230. The number of carbonyl (C=O) groups is 2. The van der Waals surface area contributed by atoms with Crippen molar-refractivity contribution in [3.8, 4) is 5.69 Å². The van der Waals surface area contributed by atoms with Crippen LogP contribution in [0, 0.1) is 11.6 Å². The minimum Gasteiger partial charge on any atom is -0.481 e. The maximum Gasteiger partial charge on any atom is 0.416 e. The first-order valence-corrected chi connectivity index (χ1v) is 8.93. The van der Waals surface area contributed by atoms with Gasteiger partial charge in [-0.3, -0.25) is 19.5 Å². The molecule has 0 bridgehead atoms. The van der Waals surface area contributed by atoms with E-state index >= 15 is 0 Å². The summed E-state index contributed by atoms with van der Waals surface area (Å²) < 4.78 is 68.4. The zero-order chi connectivity index (χ0) is 23.6. The van der Waals surface area contributed by atoms with Crippen molar-refractivity contribution >= 4 is 11.9 Å². The molecule has 0 aliphatic rings. The van der Waals surface area contributed by atoms with E-state index in [0.29, 0.717) is 22.9 Å². The summed E-state index contributed by atoms with van der Waals surface area (Å²) in [5.74, 6) is -4.58. The molecule has 0 saturated heterocycles. The molecule has 1 heterocycles. The van der Waals surface area contributed by atoms with E-state index in [-0.39, 0.29) is 5.69 Å². The number of H-pyrrole nitrogens is 1. The smallest absolute Gasteiger partial charge is 0.416 e. The highest BCUT2D eigenvalue weighted by molar-refractivity contribution is 5.92. The summed E-state index contributed by atoms with van der Waals surface area (Å²) in [6.45, 7) is 0. The summed E-state index contributed by atoms with van der Waals surface area (Å²) in [4.78, 5) is 35.9. The maximum atomic E-state index is 13.9. The van der Waals surface area contributed by atoms with E-state index in [2.05, 4.69) is 10.4 Å². The van der Waals surface area contributed by atoms with Gasteiger partial charge in [-0.25, -0.2) is 13.5 Å². The zero-order valence-corrected chi connectivity index (χ0v) is 15.9. The van der Waals surface area contributed by atoms with Gasteiger partial charge in [-0.2, -0.15) is 13.2 Å². The first kappa shape index (κ1) is 22.7. The number of hydrogen-bond acceptors (Lipinski definition) is 3. The zero-order valence-electron chi connectivity index (χ0n) is 15.9. The van der Waals surface area contributed by atoms with Gasteiger partial charge in [-0.1, -0.05) is 12.1 Å². The van der Waals surface area contributed by atoms with Crippen LogP contribution in [0.1, 0.15) is 34.1 Å². The van der Waals surface area contributed by atoms with Crippen molar-refractivity contribution in [3.63, 3.8) is 0 Å². The molecule has 7 nitrogen and oxygen atoms in total. The predicted molar refractivity (Wildman–Crippen MR) is 100 cm³/mol. The maximum absolute atomic E-state index is 13.9. The van der Waals surface area contributed by atoms with Gasteiger partial charge in [-0.05, 0) is 35.9 Å². The fourth-order valence-corrected chi connectivity index (χ4v) is 3.05. The monoisotopic (exact) mass is 455 g/mol. The molecule has 1 atom stereocenters. The molecular formula is C20H14F5N3O4. The highest BCUT2D eigenvalue weighted by Gasteiger charge is 2.36. The molecule has 3 aromatic rings. The van der Waals surface area contributed by atoms with Crippen molar-refractivity contribution in [1.82, 2.24) is 15.1 Å². The second-order valence-electron chi connectivity index (χ2n) is 6.65. The first-order valence-electron chi connectivity index (χ1n) is 8.93. The van der Waals surface area contributed by atoms with Crippen LogP contribution in [0.3, 0.4) is 0 Å². The SMILES string of the molecule is O=C(O)CC(NC(=O)c1cc(=O)n(-c2ccccc2F)[nH]1)c1cc(F)ccc1C(F)(F)F. The summed E-state index contributed by atoms with van der Waals surface area (Å²) >= 11 is 0. The highest BCUT2D eigenvalue weighted by Crippen LogP contribution is 2.36. The third-order valence-electron chi connectivity index (χ3n) is 4.44. The van der Waals surface area contributed by atoms with Crippen LogP contribution in [0.4, 0.5) is 22.0 Å². The lowest BCUT2D eigenvalue weighted by Gasteiger charge is -2.21. The average Bonchev–Trinajstić information content (AvgIpc) is 3.08. The summed E-state index contributed by atoms with van der Waals surface area (Å²) in [6.07, 6.45) is -5.95. The largest absolute Gasteiger partial charge is 0.481 e. The lowest BCUT2D eigenvalue weighted by molar-refractivity contribution is -0.140. The minimum atomic E-state index is -4.95. The fraction of sp³-hybridized carbons (Fsp3) is 0.150. The van der Waals surface area contributed by atoms with Gasteiger partial charge in [0.1, 0.15) is 23.0 Å². The number of carbonyl (C=O) groups excluding carboxylic acids is 1. The number of carboxylic acids is 1. The third kappa shape index (κ3) is 4.85. The number of para-hydroxylation sites is 1. The number of aromatic nitrogens is 2. The molecule has 3 N–H and O–H groups in total. The van der Waals surface area contributed by atoms with Crippen LogP contribution in [-0.2, 0) is 11.0 Å². The molecule has 2 aromatic carbocycles. The minimum absolute atomic E-state index is 0.219. The number of rotatable bonds is 6. The van der Waals surface area contributed by atoms with E-state index in [1.54, 1.807) is 0 Å². The van der Waals surface area contributed by atoms with Crippen molar-refractivity contribution in [3.05, 3.63) is 87.3 Å². The lowest BCUT2D eigenvalue weighted by Crippen LogP contribution is -2.32. The standard InChI is InChI=1S/C20H14F5N3O4/c21-10-5-6-12(20(23,24)25)11(7-10)14(9-18(30)31)26-19(32)15-8-17(29)28(27-15)16-4-2-1-3-13(16)22/h1-8,14,27H,9H2,(H,26,32)(H,30,31). The van der Waals surface area contributed by atoms with Gasteiger partial charge in [0.2, 0.25) is 0 Å². The molecule has 0 aliphatic carbocycles. The Kier molecular flexibility index (Phi) is 6.14. The Morgan fingerprint density at radius 3 is 2.41 bits per heavy atom. The average molecular weight is 455 g/mol. The van der Waals surface area contributed by atoms with Gasteiger partial charge in [0.15, 0.2) is 0 Å². The number of benzene rings is 2. The Hall–Kier alpha value is -3.96. The molecule has 0 radical (unpaired) electrons. The molecule has 1 amide bonds. The molecule has 1 unspecified atom stereocenters. The van der Waals surface area contributed by atoms with Crippen LogP contribution in [0.2, 0.25) is 0 Å². The number of halogens is 5. The van der Waals surface area contributed by atoms with Crippen LogP contribution in [-0.4, -0.2) is 26.8 Å². The third-order valence-corrected chi connectivity index (χ3v) is 4.44. The van der Waals surface area contributed by atoms with E-state index in [1.807, 2.05) is 0 Å². The number of carboxylic acid groups (broad SMARTS) is 1. The van der Waals surface area contributed by atoms with Crippen LogP contribution >= 0.6 is 0 Å². The highest BCUT2D eigenvalue weighted by atomic mass is 19.4. The number of nitrogens with one attached hydrogen (secondary N) is 2. The normalized spacial score (nSPS) is 12.4. The van der Waals surface area contributed by atoms with Crippen molar-refractivity contribution in [2.75, 3.05) is 0 Å². The van der Waals surface area contributed by atoms with Crippen LogP contribution in [0.25, 0.3) is 5.69 Å². The molecule has 1 aromatic heterocycles. The van der Waals surface area contributed by atoms with E-state index in [0.717, 1.165) is 12.1 Å². The van der Waals surface area contributed by atoms with Crippen LogP contribution in [0.15, 0.2) is 53.3 Å². The summed E-state index contributed by atoms with van der Waals surface area (Å²) in [5.41, 5.74) is -3.68. The van der Waals surface area contributed by atoms with Gasteiger partial charge >= 0.3 is 12.1 Å². The lowest BCUT2D eigenvalue weighted by atomic mass is 9.97. The molecule has 3 rings (SSSR count). The van der Waals surface area contributed by atoms with Crippen molar-refractivity contribution in [1.29, 1.82) is 0 Å². The molecule has 0 aliphatic heterocycles. The second kappa shape index (κ2) is 8.65. The van der Waals surface area contributed by atoms with Crippen LogP contribution in [0.5, 0.6) is 0 Å². The van der Waals surface area contributed by atoms with E-state index in [1.165, 1.54) is 18.2 Å². The number of amides is 1. The summed E-state index contributed by atoms with van der Waals surface area (Å²) in [6, 6.07) is 5.54. The van der Waals surface area contributed by atoms with E-state index in [4.69, 9.17) is 5.11 Å². The van der Waals surface area contributed by atoms with Crippen molar-refractivity contribution < 1.29 is 36.6 Å². The van der Waals surface area contributed by atoms with Gasteiger partial charge < -0.3 is 10.4 Å². The number of aromatic amines is 1. The Labute approximate surface area is 176 Å². The topological polar surface area (TPSA) is 104 Å². The Balaban J connectivity index is 1.98. The van der Waals surface area contributed by atoms with E-state index in [9.17, 15) is 36.3 Å². The number of hydrogen-bond donors (Lipinski definition) is 3. The van der Waals surface area contributed by atoms with Crippen molar-refractivity contribution in [2.24, 2.45) is 0 Å². The fourth-order valence-electron chi connectivity index (χ4n) is 3.05. The first-order chi connectivity index (χ1) is 15.0. The van der Waals surface area contributed by atoms with Crippen molar-refractivity contribution in [2.45, 2.75) is 18.6 Å². The molecule has 12 heteroatoms. The quantitative estimate of drug-likeness (QED) is 0.496. The van der Waals surface area contributed by atoms with Crippen LogP contribution < -0.4 is 10.9 Å². The molecule has 32 heavy (non-hydrogen) atoms. The number of alkyl halides is 3. The molecule has 0 saturated carbocycles. The molecule has 168 valence electrons. The Morgan fingerprint density at radius 2 is 1.78 bits per heavy atom. The molecular weight excluding hydrogens is 441 g/mol. The van der Waals surface area contributed by atoms with Gasteiger partial charge in [0, 0.05) is 6.07 Å². The molecule has 0 spiro atoms. The van der Waals surface area contributed by atoms with Gasteiger partial charge in [-0.15, -0.1) is 0 Å². The predicted octanol–water partition coefficient (Wildman–Crippen LogP) is 3.41. The number of nitrogens with zero attached hydrogens (tertiary/aromatic N) is 1. The number of aliphatic carboxylic acids is 1. The van der Waals surface area contributed by atoms with Gasteiger partial charge in [0.05, 0.1) is 18.0 Å². The summed E-state index contributed by atoms with van der Waals surface area (Å²) in [7, 11) is 0. The summed E-state index contributed by atoms with van der Waals surface area (Å²) in [5, 5.41) is 13.5. The van der Waals surface area contributed by atoms with E-state index < -0.39 is 64.5 Å². The van der Waals surface area contributed by atoms with Gasteiger partial charge in [0.25, 0.3) is 11.5 Å². The second-order valence-corrected chi connectivity index (χ2v) is 6.65.